The van der Waals surface area contributed by atoms with Gasteiger partial charge in [0.25, 0.3) is 0 Å². The van der Waals surface area contributed by atoms with E-state index in [1.165, 1.54) is 0 Å². The van der Waals surface area contributed by atoms with Crippen molar-refractivity contribution >= 4 is 0 Å². The highest BCUT2D eigenvalue weighted by atomic mass is 16.3. The molecule has 4 heteroatoms. The Morgan fingerprint density at radius 2 is 2.11 bits per heavy atom. The first-order valence-electron chi connectivity index (χ1n) is 6.13. The molecule has 0 aliphatic heterocycles. The third-order valence-corrected chi connectivity index (χ3v) is 2.97. The van der Waals surface area contributed by atoms with E-state index in [1.54, 1.807) is 12.5 Å². The highest BCUT2D eigenvalue weighted by molar-refractivity contribution is 5.21. The molecule has 0 fully saturated rings. The monoisotopic (exact) mass is 245 g/mol. The van der Waals surface area contributed by atoms with Gasteiger partial charge in [0.2, 0.25) is 0 Å². The fourth-order valence-corrected chi connectivity index (χ4v) is 1.86. The Morgan fingerprint density at radius 3 is 2.78 bits per heavy atom. The second kappa shape index (κ2) is 5.80. The molecule has 0 aliphatic rings. The van der Waals surface area contributed by atoms with Crippen molar-refractivity contribution in [3.63, 3.8) is 0 Å². The summed E-state index contributed by atoms with van der Waals surface area (Å²) >= 11 is 0. The summed E-state index contributed by atoms with van der Waals surface area (Å²) in [5.41, 5.74) is 0.0936. The lowest BCUT2D eigenvalue weighted by Crippen LogP contribution is -2.36. The lowest BCUT2D eigenvalue weighted by molar-refractivity contribution is 0.0569. The van der Waals surface area contributed by atoms with E-state index in [-0.39, 0.29) is 0 Å². The van der Waals surface area contributed by atoms with Crippen molar-refractivity contribution in [3.8, 4) is 0 Å². The molecule has 0 saturated carbocycles. The summed E-state index contributed by atoms with van der Waals surface area (Å²) in [5, 5.41) is 13.6. The largest absolute Gasteiger partial charge is 0.384 e. The van der Waals surface area contributed by atoms with Crippen LogP contribution in [0.4, 0.5) is 0 Å². The van der Waals surface area contributed by atoms with E-state index in [9.17, 15) is 5.11 Å². The SMILES string of the molecule is CC(O)(CNCCn1ccnc1)c1ccccc1. The quantitative estimate of drug-likeness (QED) is 0.756. The number of rotatable bonds is 6. The number of nitrogens with one attached hydrogen (secondary N) is 1. The second-order valence-corrected chi connectivity index (χ2v) is 4.62. The van der Waals surface area contributed by atoms with Gasteiger partial charge in [-0.25, -0.2) is 4.98 Å². The molecule has 2 N–H and O–H groups in total. The number of hydrogen-bond donors (Lipinski definition) is 2. The van der Waals surface area contributed by atoms with Crippen molar-refractivity contribution in [3.05, 3.63) is 54.6 Å². The van der Waals surface area contributed by atoms with Crippen molar-refractivity contribution in [1.29, 1.82) is 0 Å². The van der Waals surface area contributed by atoms with E-state index in [1.807, 2.05) is 48.0 Å². The first-order chi connectivity index (χ1) is 8.68. The first-order valence-corrected chi connectivity index (χ1v) is 6.13. The molecule has 18 heavy (non-hydrogen) atoms. The molecule has 0 amide bonds. The number of aliphatic hydroxyl groups is 1. The summed E-state index contributed by atoms with van der Waals surface area (Å²) in [6.07, 6.45) is 5.48. The summed E-state index contributed by atoms with van der Waals surface area (Å²) in [7, 11) is 0. The number of benzene rings is 1. The van der Waals surface area contributed by atoms with Crippen LogP contribution in [0.15, 0.2) is 49.1 Å². The normalized spacial score (nSPS) is 14.3. The fraction of sp³-hybridized carbons (Fsp3) is 0.357. The number of nitrogens with zero attached hydrogens (tertiary/aromatic N) is 2. The zero-order valence-corrected chi connectivity index (χ0v) is 10.6. The first kappa shape index (κ1) is 12.8. The summed E-state index contributed by atoms with van der Waals surface area (Å²) < 4.78 is 2.00. The van der Waals surface area contributed by atoms with Gasteiger partial charge in [0.15, 0.2) is 0 Å². The molecule has 4 nitrogen and oxygen atoms in total. The zero-order chi connectivity index (χ0) is 12.8. The van der Waals surface area contributed by atoms with Gasteiger partial charge in [-0.3, -0.25) is 0 Å². The molecule has 0 aliphatic carbocycles. The van der Waals surface area contributed by atoms with Crippen molar-refractivity contribution in [2.75, 3.05) is 13.1 Å². The Morgan fingerprint density at radius 1 is 1.33 bits per heavy atom. The van der Waals surface area contributed by atoms with Crippen LogP contribution in [0.25, 0.3) is 0 Å². The molecule has 1 aromatic carbocycles. The van der Waals surface area contributed by atoms with Gasteiger partial charge in [0.1, 0.15) is 0 Å². The van der Waals surface area contributed by atoms with Crippen molar-refractivity contribution in [2.24, 2.45) is 0 Å². The highest BCUT2D eigenvalue weighted by Crippen LogP contribution is 2.18. The molecule has 2 rings (SSSR count). The van der Waals surface area contributed by atoms with E-state index in [0.29, 0.717) is 6.54 Å². The standard InChI is InChI=1S/C14H19N3O/c1-14(18,13-5-3-2-4-6-13)11-15-7-9-17-10-8-16-12-17/h2-6,8,10,12,15,18H,7,9,11H2,1H3. The van der Waals surface area contributed by atoms with Gasteiger partial charge in [-0.05, 0) is 12.5 Å². The van der Waals surface area contributed by atoms with E-state index < -0.39 is 5.60 Å². The highest BCUT2D eigenvalue weighted by Gasteiger charge is 2.21. The van der Waals surface area contributed by atoms with E-state index >= 15 is 0 Å². The van der Waals surface area contributed by atoms with Gasteiger partial charge in [0, 0.05) is 32.0 Å². The third-order valence-electron chi connectivity index (χ3n) is 2.97. The Balaban J connectivity index is 1.79. The van der Waals surface area contributed by atoms with Gasteiger partial charge in [-0.15, -0.1) is 0 Å². The van der Waals surface area contributed by atoms with Crippen LogP contribution in [0.5, 0.6) is 0 Å². The van der Waals surface area contributed by atoms with Gasteiger partial charge in [-0.2, -0.15) is 0 Å². The van der Waals surface area contributed by atoms with Gasteiger partial charge < -0.3 is 15.0 Å². The molecule has 0 saturated heterocycles. The molecule has 0 radical (unpaired) electrons. The lowest BCUT2D eigenvalue weighted by Gasteiger charge is -2.24. The second-order valence-electron chi connectivity index (χ2n) is 4.62. The molecule has 96 valence electrons. The Hall–Kier alpha value is -1.65. The lowest BCUT2D eigenvalue weighted by atomic mass is 9.96. The minimum absolute atomic E-state index is 0.533. The summed E-state index contributed by atoms with van der Waals surface area (Å²) in [6, 6.07) is 9.71. The number of aromatic nitrogens is 2. The molecule has 1 atom stereocenters. The van der Waals surface area contributed by atoms with Crippen LogP contribution in [-0.4, -0.2) is 27.7 Å². The van der Waals surface area contributed by atoms with Gasteiger partial charge in [-0.1, -0.05) is 30.3 Å². The van der Waals surface area contributed by atoms with Crippen LogP contribution in [0.3, 0.4) is 0 Å². The maximum atomic E-state index is 10.4. The average Bonchev–Trinajstić information content (AvgIpc) is 2.89. The molecule has 1 unspecified atom stereocenters. The van der Waals surface area contributed by atoms with Crippen LogP contribution in [0.1, 0.15) is 12.5 Å². The van der Waals surface area contributed by atoms with Crippen LogP contribution in [0.2, 0.25) is 0 Å². The Bertz CT molecular complexity index is 451. The topological polar surface area (TPSA) is 50.1 Å². The van der Waals surface area contributed by atoms with Crippen molar-refractivity contribution in [1.82, 2.24) is 14.9 Å². The minimum Gasteiger partial charge on any atom is -0.384 e. The maximum absolute atomic E-state index is 10.4. The van der Waals surface area contributed by atoms with E-state index in [4.69, 9.17) is 0 Å². The third kappa shape index (κ3) is 3.42. The van der Waals surface area contributed by atoms with Crippen LogP contribution in [-0.2, 0) is 12.1 Å². The smallest absolute Gasteiger partial charge is 0.0992 e. The number of hydrogen-bond acceptors (Lipinski definition) is 3. The van der Waals surface area contributed by atoms with Gasteiger partial charge >= 0.3 is 0 Å². The van der Waals surface area contributed by atoms with E-state index in [0.717, 1.165) is 18.7 Å². The van der Waals surface area contributed by atoms with Gasteiger partial charge in [0.05, 0.1) is 11.9 Å². The maximum Gasteiger partial charge on any atom is 0.0992 e. The van der Waals surface area contributed by atoms with Crippen molar-refractivity contribution < 1.29 is 5.11 Å². The van der Waals surface area contributed by atoms with Crippen LogP contribution in [0, 0.1) is 0 Å². The molecule has 1 heterocycles. The predicted octanol–water partition coefficient (Wildman–Crippen LogP) is 1.38. The minimum atomic E-state index is -0.837. The number of imidazole rings is 1. The zero-order valence-electron chi connectivity index (χ0n) is 10.6. The Kier molecular flexibility index (Phi) is 4.12. The molecular formula is C14H19N3O. The van der Waals surface area contributed by atoms with Crippen molar-refractivity contribution in [2.45, 2.75) is 19.1 Å². The van der Waals surface area contributed by atoms with Crippen LogP contribution < -0.4 is 5.32 Å². The van der Waals surface area contributed by atoms with Crippen LogP contribution >= 0.6 is 0 Å². The molecule has 2 aromatic rings. The Labute approximate surface area is 107 Å². The predicted molar refractivity (Wildman–Crippen MR) is 71.1 cm³/mol. The molecule has 1 aromatic heterocycles. The summed E-state index contributed by atoms with van der Waals surface area (Å²) in [6.45, 7) is 4.02. The summed E-state index contributed by atoms with van der Waals surface area (Å²) in [4.78, 5) is 3.98. The van der Waals surface area contributed by atoms with E-state index in [2.05, 4.69) is 10.3 Å². The summed E-state index contributed by atoms with van der Waals surface area (Å²) in [5.74, 6) is 0. The molecule has 0 spiro atoms. The fourth-order valence-electron chi connectivity index (χ4n) is 1.86. The average molecular weight is 245 g/mol. The molecule has 0 bridgehead atoms. The molecular weight excluding hydrogens is 226 g/mol.